The first-order valence-electron chi connectivity index (χ1n) is 9.10. The van der Waals surface area contributed by atoms with Crippen molar-refractivity contribution in [3.05, 3.63) is 39.9 Å². The minimum absolute atomic E-state index is 0.00996. The molecule has 1 saturated heterocycles. The summed E-state index contributed by atoms with van der Waals surface area (Å²) in [5.74, 6) is -0.962. The average molecular weight is 427 g/mol. The molecule has 2 aliphatic heterocycles. The van der Waals surface area contributed by atoms with Gasteiger partial charge in [-0.1, -0.05) is 17.7 Å². The molecular formula is C19H23ClN2O5S. The van der Waals surface area contributed by atoms with Gasteiger partial charge in [-0.2, -0.15) is 0 Å². The first kappa shape index (κ1) is 20.8. The molecule has 0 bridgehead atoms. The number of hydrogen-bond acceptors (Lipinski definition) is 5. The van der Waals surface area contributed by atoms with Crippen LogP contribution in [0.15, 0.2) is 29.3 Å². The molecule has 2 aliphatic rings. The van der Waals surface area contributed by atoms with Crippen molar-refractivity contribution in [3.8, 4) is 0 Å². The molecule has 1 amide bonds. The van der Waals surface area contributed by atoms with Crippen LogP contribution in [0.1, 0.15) is 32.3 Å². The van der Waals surface area contributed by atoms with Crippen LogP contribution in [-0.4, -0.2) is 49.0 Å². The second kappa shape index (κ2) is 7.50. The number of nitrogens with zero attached hydrogens (tertiary/aromatic N) is 1. The van der Waals surface area contributed by atoms with Crippen LogP contribution in [0.5, 0.6) is 0 Å². The maximum Gasteiger partial charge on any atom is 0.335 e. The number of sulfonamides is 1. The van der Waals surface area contributed by atoms with E-state index in [-0.39, 0.29) is 42.8 Å². The van der Waals surface area contributed by atoms with E-state index in [1.807, 2.05) is 0 Å². The Bertz CT molecular complexity index is 963. The third-order valence-corrected chi connectivity index (χ3v) is 7.75. The summed E-state index contributed by atoms with van der Waals surface area (Å²) < 4.78 is 31.2. The van der Waals surface area contributed by atoms with Crippen LogP contribution in [-0.2, 0) is 24.3 Å². The number of esters is 1. The Morgan fingerprint density at radius 3 is 2.54 bits per heavy atom. The Kier molecular flexibility index (Phi) is 5.58. The molecule has 0 unspecified atom stereocenters. The Morgan fingerprint density at radius 1 is 1.29 bits per heavy atom. The zero-order valence-corrected chi connectivity index (χ0v) is 17.6. The number of anilines is 1. The summed E-state index contributed by atoms with van der Waals surface area (Å²) in [5.41, 5.74) is 0.698. The lowest BCUT2D eigenvalue weighted by molar-refractivity contribution is -0.149. The number of piperidine rings is 1. The second-order valence-corrected chi connectivity index (χ2v) is 9.71. The summed E-state index contributed by atoms with van der Waals surface area (Å²) in [6.07, 6.45) is 0.485. The average Bonchev–Trinajstić information content (AvgIpc) is 2.89. The van der Waals surface area contributed by atoms with Gasteiger partial charge in [-0.05, 0) is 38.5 Å². The number of carbonyl (C=O) groups is 2. The van der Waals surface area contributed by atoms with Crippen LogP contribution in [0.3, 0.4) is 0 Å². The lowest BCUT2D eigenvalue weighted by Gasteiger charge is -2.38. The van der Waals surface area contributed by atoms with E-state index in [1.165, 1.54) is 4.31 Å². The number of hydrogen-bond donors (Lipinski definition) is 1. The number of ether oxygens (including phenoxy) is 1. The summed E-state index contributed by atoms with van der Waals surface area (Å²) in [5, 5.41) is 3.35. The predicted molar refractivity (Wildman–Crippen MR) is 107 cm³/mol. The fourth-order valence-corrected chi connectivity index (χ4v) is 4.99. The standard InChI is InChI=1S/C19H23ClN2O5S/c1-4-28(25,26)22-10-8-19(9-11-22)16(13(3)18(24)27-19)17(23)21-15-7-5-6-14(20)12(15)2/h5-7H,4,8-11H2,1-3H3,(H,21,23). The SMILES string of the molecule is CCS(=O)(=O)N1CCC2(CC1)OC(=O)C(C)=C2C(=O)Nc1cccc(Cl)c1C. The summed E-state index contributed by atoms with van der Waals surface area (Å²) in [6, 6.07) is 5.19. The zero-order chi connectivity index (χ0) is 20.7. The van der Waals surface area contributed by atoms with Gasteiger partial charge in [-0.25, -0.2) is 17.5 Å². The maximum absolute atomic E-state index is 13.1. The van der Waals surface area contributed by atoms with Gasteiger partial charge in [0.2, 0.25) is 10.0 Å². The number of amides is 1. The van der Waals surface area contributed by atoms with Crippen molar-refractivity contribution in [1.29, 1.82) is 0 Å². The van der Waals surface area contributed by atoms with Crippen molar-refractivity contribution in [2.45, 2.75) is 39.2 Å². The van der Waals surface area contributed by atoms with Gasteiger partial charge in [0, 0.05) is 42.2 Å². The van der Waals surface area contributed by atoms with Gasteiger partial charge in [0.25, 0.3) is 5.91 Å². The Morgan fingerprint density at radius 2 is 1.93 bits per heavy atom. The van der Waals surface area contributed by atoms with E-state index in [2.05, 4.69) is 5.32 Å². The molecule has 28 heavy (non-hydrogen) atoms. The lowest BCUT2D eigenvalue weighted by Crippen LogP contribution is -2.49. The molecule has 0 radical (unpaired) electrons. The van der Waals surface area contributed by atoms with E-state index in [0.717, 1.165) is 5.56 Å². The lowest BCUT2D eigenvalue weighted by atomic mass is 9.83. The van der Waals surface area contributed by atoms with E-state index in [1.54, 1.807) is 39.0 Å². The van der Waals surface area contributed by atoms with Gasteiger partial charge in [0.15, 0.2) is 0 Å². The van der Waals surface area contributed by atoms with Crippen LogP contribution in [0, 0.1) is 6.92 Å². The van der Waals surface area contributed by atoms with Crippen LogP contribution in [0.2, 0.25) is 5.02 Å². The molecule has 1 aromatic rings. The maximum atomic E-state index is 13.1. The third kappa shape index (κ3) is 3.56. The van der Waals surface area contributed by atoms with Gasteiger partial charge in [0.05, 0.1) is 11.3 Å². The van der Waals surface area contributed by atoms with Gasteiger partial charge in [-0.15, -0.1) is 0 Å². The van der Waals surface area contributed by atoms with Crippen LogP contribution < -0.4 is 5.32 Å². The number of carbonyl (C=O) groups excluding carboxylic acids is 2. The third-order valence-electron chi connectivity index (χ3n) is 5.46. The molecule has 152 valence electrons. The van der Waals surface area contributed by atoms with Crippen molar-refractivity contribution in [3.63, 3.8) is 0 Å². The Labute approximate surface area is 169 Å². The molecule has 1 aromatic carbocycles. The highest BCUT2D eigenvalue weighted by molar-refractivity contribution is 7.89. The minimum Gasteiger partial charge on any atom is -0.450 e. The van der Waals surface area contributed by atoms with Crippen LogP contribution >= 0.6 is 11.6 Å². The second-order valence-electron chi connectivity index (χ2n) is 7.05. The zero-order valence-electron chi connectivity index (χ0n) is 16.0. The van der Waals surface area contributed by atoms with E-state index >= 15 is 0 Å². The minimum atomic E-state index is -3.33. The van der Waals surface area contributed by atoms with Crippen LogP contribution in [0.25, 0.3) is 0 Å². The molecule has 0 aliphatic carbocycles. The quantitative estimate of drug-likeness (QED) is 0.747. The Balaban J connectivity index is 1.87. The highest BCUT2D eigenvalue weighted by Gasteiger charge is 2.51. The summed E-state index contributed by atoms with van der Waals surface area (Å²) in [4.78, 5) is 25.3. The summed E-state index contributed by atoms with van der Waals surface area (Å²) >= 11 is 6.12. The number of nitrogens with one attached hydrogen (secondary N) is 1. The number of rotatable bonds is 4. The summed E-state index contributed by atoms with van der Waals surface area (Å²) in [7, 11) is -3.33. The number of halogens is 1. The van der Waals surface area contributed by atoms with Crippen molar-refractivity contribution in [2.24, 2.45) is 0 Å². The smallest absolute Gasteiger partial charge is 0.335 e. The fraction of sp³-hybridized carbons (Fsp3) is 0.474. The normalized spacial score (nSPS) is 19.8. The molecule has 1 N–H and O–H groups in total. The van der Waals surface area contributed by atoms with Crippen LogP contribution in [0.4, 0.5) is 5.69 Å². The predicted octanol–water partition coefficient (Wildman–Crippen LogP) is 2.64. The van der Waals surface area contributed by atoms with Gasteiger partial charge in [0.1, 0.15) is 5.60 Å². The van der Waals surface area contributed by atoms with Crippen molar-refractivity contribution < 1.29 is 22.7 Å². The molecule has 0 saturated carbocycles. The molecule has 0 atom stereocenters. The van der Waals surface area contributed by atoms with Crippen molar-refractivity contribution in [1.82, 2.24) is 4.31 Å². The number of benzene rings is 1. The molecular weight excluding hydrogens is 404 g/mol. The van der Waals surface area contributed by atoms with E-state index < -0.39 is 27.5 Å². The molecule has 1 spiro atoms. The highest BCUT2D eigenvalue weighted by atomic mass is 35.5. The highest BCUT2D eigenvalue weighted by Crippen LogP contribution is 2.42. The Hall–Kier alpha value is -1.90. The topological polar surface area (TPSA) is 92.8 Å². The molecule has 1 fully saturated rings. The summed E-state index contributed by atoms with van der Waals surface area (Å²) in [6.45, 7) is 5.34. The molecule has 3 rings (SSSR count). The van der Waals surface area contributed by atoms with Crippen molar-refractivity contribution in [2.75, 3.05) is 24.2 Å². The van der Waals surface area contributed by atoms with Crippen molar-refractivity contribution >= 4 is 39.2 Å². The van der Waals surface area contributed by atoms with E-state index in [4.69, 9.17) is 16.3 Å². The van der Waals surface area contributed by atoms with E-state index in [0.29, 0.717) is 10.7 Å². The first-order chi connectivity index (χ1) is 13.1. The monoisotopic (exact) mass is 426 g/mol. The van der Waals surface area contributed by atoms with Gasteiger partial charge in [-0.3, -0.25) is 4.79 Å². The van der Waals surface area contributed by atoms with Gasteiger partial charge < -0.3 is 10.1 Å². The largest absolute Gasteiger partial charge is 0.450 e. The molecule has 9 heteroatoms. The molecule has 0 aromatic heterocycles. The molecule has 7 nitrogen and oxygen atoms in total. The first-order valence-corrected chi connectivity index (χ1v) is 11.1. The van der Waals surface area contributed by atoms with E-state index in [9.17, 15) is 18.0 Å². The molecule has 2 heterocycles. The fourth-order valence-electron chi connectivity index (χ4n) is 3.71. The van der Waals surface area contributed by atoms with Gasteiger partial charge >= 0.3 is 5.97 Å².